The lowest BCUT2D eigenvalue weighted by Gasteiger charge is -2.31. The first-order chi connectivity index (χ1) is 12.8. The molecule has 1 saturated heterocycles. The second kappa shape index (κ2) is 8.16. The van der Waals surface area contributed by atoms with Crippen LogP contribution in [0.15, 0.2) is 47.4 Å². The van der Waals surface area contributed by atoms with E-state index in [4.69, 9.17) is 23.2 Å². The van der Waals surface area contributed by atoms with Crippen LogP contribution in [0, 0.1) is 0 Å². The van der Waals surface area contributed by atoms with Gasteiger partial charge in [-0.15, -0.1) is 0 Å². The van der Waals surface area contributed by atoms with Gasteiger partial charge in [0.15, 0.2) is 0 Å². The molecule has 27 heavy (non-hydrogen) atoms. The minimum Gasteiger partial charge on any atom is -0.322 e. The van der Waals surface area contributed by atoms with Gasteiger partial charge in [-0.3, -0.25) is 4.79 Å². The number of amides is 1. The third kappa shape index (κ3) is 4.62. The highest BCUT2D eigenvalue weighted by molar-refractivity contribution is 7.89. The van der Waals surface area contributed by atoms with Crippen LogP contribution in [0.2, 0.25) is 10.0 Å². The van der Waals surface area contributed by atoms with Crippen molar-refractivity contribution in [3.63, 3.8) is 0 Å². The van der Waals surface area contributed by atoms with Gasteiger partial charge in [0.25, 0.3) is 5.91 Å². The van der Waals surface area contributed by atoms with Crippen LogP contribution in [0.4, 0.5) is 5.69 Å². The van der Waals surface area contributed by atoms with Crippen LogP contribution in [0.5, 0.6) is 0 Å². The van der Waals surface area contributed by atoms with E-state index in [0.29, 0.717) is 36.9 Å². The lowest BCUT2D eigenvalue weighted by Crippen LogP contribution is -2.46. The van der Waals surface area contributed by atoms with Crippen molar-refractivity contribution in [2.24, 2.45) is 0 Å². The molecule has 2 aromatic carbocycles. The fourth-order valence-corrected chi connectivity index (χ4v) is 4.68. The number of anilines is 1. The summed E-state index contributed by atoms with van der Waals surface area (Å²) in [6.45, 7) is 2.34. The average Bonchev–Trinajstić information content (AvgIpc) is 2.62. The van der Waals surface area contributed by atoms with Gasteiger partial charge in [0, 0.05) is 36.9 Å². The largest absolute Gasteiger partial charge is 0.322 e. The lowest BCUT2D eigenvalue weighted by atomic mass is 10.2. The normalized spacial score (nSPS) is 16.3. The third-order valence-corrected chi connectivity index (χ3v) is 6.85. The van der Waals surface area contributed by atoms with Crippen molar-refractivity contribution in [2.45, 2.75) is 4.90 Å². The molecule has 0 bridgehead atoms. The minimum atomic E-state index is -3.54. The number of benzene rings is 2. The topological polar surface area (TPSA) is 69.7 Å². The second-order valence-corrected chi connectivity index (χ2v) is 9.09. The molecule has 0 saturated carbocycles. The standard InChI is InChI=1S/C18H19Cl2N3O3S/c1-22-8-10-23(11-9-22)27(25,26)15-5-3-14(4-6-15)21-18(24)16-7-2-13(19)12-17(16)20/h2-7,12H,8-11H2,1H3,(H,21,24). The molecule has 144 valence electrons. The Balaban J connectivity index is 1.72. The summed E-state index contributed by atoms with van der Waals surface area (Å²) in [6, 6.07) is 10.7. The molecule has 3 rings (SSSR count). The van der Waals surface area contributed by atoms with Crippen molar-refractivity contribution in [1.29, 1.82) is 0 Å². The molecule has 6 nitrogen and oxygen atoms in total. The molecule has 1 heterocycles. The van der Waals surface area contributed by atoms with Crippen LogP contribution in [-0.4, -0.2) is 56.8 Å². The van der Waals surface area contributed by atoms with Crippen molar-refractivity contribution in [3.8, 4) is 0 Å². The van der Waals surface area contributed by atoms with E-state index in [9.17, 15) is 13.2 Å². The van der Waals surface area contributed by atoms with E-state index in [1.165, 1.54) is 28.6 Å². The van der Waals surface area contributed by atoms with Crippen LogP contribution >= 0.6 is 23.2 Å². The summed E-state index contributed by atoms with van der Waals surface area (Å²) in [5.41, 5.74) is 0.763. The summed E-state index contributed by atoms with van der Waals surface area (Å²) in [5.74, 6) is -0.397. The van der Waals surface area contributed by atoms with Crippen LogP contribution in [0.25, 0.3) is 0 Å². The molecule has 0 aromatic heterocycles. The fraction of sp³-hybridized carbons (Fsp3) is 0.278. The Morgan fingerprint density at radius 1 is 1.00 bits per heavy atom. The molecule has 1 fully saturated rings. The van der Waals surface area contributed by atoms with E-state index in [1.54, 1.807) is 18.2 Å². The maximum absolute atomic E-state index is 12.7. The van der Waals surface area contributed by atoms with E-state index in [1.807, 2.05) is 7.05 Å². The number of halogens is 2. The van der Waals surface area contributed by atoms with Crippen molar-refractivity contribution < 1.29 is 13.2 Å². The van der Waals surface area contributed by atoms with Crippen LogP contribution < -0.4 is 5.32 Å². The Kier molecular flexibility index (Phi) is 6.08. The highest BCUT2D eigenvalue weighted by atomic mass is 35.5. The lowest BCUT2D eigenvalue weighted by molar-refractivity contribution is 0.102. The van der Waals surface area contributed by atoms with Crippen LogP contribution in [0.1, 0.15) is 10.4 Å². The number of likely N-dealkylation sites (N-methyl/N-ethyl adjacent to an activating group) is 1. The van der Waals surface area contributed by atoms with Crippen molar-refractivity contribution in [3.05, 3.63) is 58.1 Å². The number of carbonyl (C=O) groups excluding carboxylic acids is 1. The van der Waals surface area contributed by atoms with E-state index in [-0.39, 0.29) is 15.5 Å². The van der Waals surface area contributed by atoms with Crippen molar-refractivity contribution in [2.75, 3.05) is 38.5 Å². The Morgan fingerprint density at radius 3 is 2.22 bits per heavy atom. The molecule has 1 N–H and O–H groups in total. The molecule has 2 aromatic rings. The molecule has 1 aliphatic heterocycles. The molecule has 0 unspecified atom stereocenters. The maximum atomic E-state index is 12.7. The van der Waals surface area contributed by atoms with Crippen molar-refractivity contribution >= 4 is 44.8 Å². The van der Waals surface area contributed by atoms with Gasteiger partial charge < -0.3 is 10.2 Å². The molecule has 0 aliphatic carbocycles. The number of rotatable bonds is 4. The predicted molar refractivity (Wildman–Crippen MR) is 107 cm³/mol. The zero-order valence-corrected chi connectivity index (χ0v) is 17.0. The first-order valence-electron chi connectivity index (χ1n) is 8.32. The quantitative estimate of drug-likeness (QED) is 0.812. The van der Waals surface area contributed by atoms with Crippen LogP contribution in [0.3, 0.4) is 0 Å². The summed E-state index contributed by atoms with van der Waals surface area (Å²) in [5, 5.41) is 3.39. The summed E-state index contributed by atoms with van der Waals surface area (Å²) in [6.07, 6.45) is 0. The first kappa shape index (κ1) is 20.1. The molecule has 0 atom stereocenters. The summed E-state index contributed by atoms with van der Waals surface area (Å²) >= 11 is 11.9. The Morgan fingerprint density at radius 2 is 1.63 bits per heavy atom. The molecular weight excluding hydrogens is 409 g/mol. The van der Waals surface area contributed by atoms with Gasteiger partial charge in [-0.05, 0) is 49.5 Å². The maximum Gasteiger partial charge on any atom is 0.257 e. The SMILES string of the molecule is CN1CCN(S(=O)(=O)c2ccc(NC(=O)c3ccc(Cl)cc3Cl)cc2)CC1. The van der Waals surface area contributed by atoms with Crippen molar-refractivity contribution in [1.82, 2.24) is 9.21 Å². The first-order valence-corrected chi connectivity index (χ1v) is 10.5. The van der Waals surface area contributed by atoms with E-state index in [0.717, 1.165) is 0 Å². The predicted octanol–water partition coefficient (Wildman–Crippen LogP) is 3.18. The van der Waals surface area contributed by atoms with Gasteiger partial charge in [-0.25, -0.2) is 8.42 Å². The van der Waals surface area contributed by atoms with Gasteiger partial charge in [-0.2, -0.15) is 4.31 Å². The smallest absolute Gasteiger partial charge is 0.257 e. The molecule has 0 radical (unpaired) electrons. The number of hydrogen-bond donors (Lipinski definition) is 1. The number of nitrogens with zero attached hydrogens (tertiary/aromatic N) is 2. The molecule has 9 heteroatoms. The number of nitrogens with one attached hydrogen (secondary N) is 1. The number of carbonyl (C=O) groups is 1. The highest BCUT2D eigenvalue weighted by Crippen LogP contribution is 2.23. The van der Waals surface area contributed by atoms with E-state index < -0.39 is 15.9 Å². The molecular formula is C18H19Cl2N3O3S. The summed E-state index contributed by atoms with van der Waals surface area (Å²) in [7, 11) is -1.57. The zero-order valence-electron chi connectivity index (χ0n) is 14.7. The Bertz CT molecular complexity index is 941. The zero-order chi connectivity index (χ0) is 19.6. The third-order valence-electron chi connectivity index (χ3n) is 4.39. The minimum absolute atomic E-state index is 0.203. The summed E-state index contributed by atoms with van der Waals surface area (Å²) in [4.78, 5) is 14.6. The Labute approximate surface area is 168 Å². The molecule has 1 amide bonds. The van der Waals surface area contributed by atoms with Crippen LogP contribution in [-0.2, 0) is 10.0 Å². The monoisotopic (exact) mass is 427 g/mol. The van der Waals surface area contributed by atoms with Gasteiger partial charge >= 0.3 is 0 Å². The number of piperazine rings is 1. The average molecular weight is 428 g/mol. The van der Waals surface area contributed by atoms with Gasteiger partial charge in [0.05, 0.1) is 15.5 Å². The Hall–Kier alpha value is -1.64. The van der Waals surface area contributed by atoms with Gasteiger partial charge in [0.1, 0.15) is 0 Å². The number of sulfonamides is 1. The molecule has 1 aliphatic rings. The fourth-order valence-electron chi connectivity index (χ4n) is 2.76. The second-order valence-electron chi connectivity index (χ2n) is 6.31. The molecule has 0 spiro atoms. The van der Waals surface area contributed by atoms with Gasteiger partial charge in [-0.1, -0.05) is 23.2 Å². The van der Waals surface area contributed by atoms with E-state index >= 15 is 0 Å². The highest BCUT2D eigenvalue weighted by Gasteiger charge is 2.27. The summed E-state index contributed by atoms with van der Waals surface area (Å²) < 4.78 is 26.9. The van der Waals surface area contributed by atoms with E-state index in [2.05, 4.69) is 10.2 Å². The van der Waals surface area contributed by atoms with Gasteiger partial charge in [0.2, 0.25) is 10.0 Å². The number of hydrogen-bond acceptors (Lipinski definition) is 4.